The molecule has 1 saturated heterocycles. The molecule has 108 valence electrons. The monoisotopic (exact) mass is 314 g/mol. The summed E-state index contributed by atoms with van der Waals surface area (Å²) >= 11 is 7.84. The summed E-state index contributed by atoms with van der Waals surface area (Å²) in [6, 6.07) is 4.25. The van der Waals surface area contributed by atoms with E-state index in [1.165, 1.54) is 18.2 Å². The molecule has 2 N–H and O–H groups in total. The van der Waals surface area contributed by atoms with Crippen molar-refractivity contribution in [2.45, 2.75) is 0 Å². The highest BCUT2D eigenvalue weighted by atomic mass is 35.5. The summed E-state index contributed by atoms with van der Waals surface area (Å²) in [6.07, 6.45) is 0. The molecule has 0 unspecified atom stereocenters. The zero-order chi connectivity index (χ0) is 14.5. The average molecular weight is 315 g/mol. The third kappa shape index (κ3) is 4.13. The molecule has 7 heteroatoms. The van der Waals surface area contributed by atoms with E-state index in [1.807, 2.05) is 11.8 Å². The highest BCUT2D eigenvalue weighted by Crippen LogP contribution is 2.23. The van der Waals surface area contributed by atoms with Crippen molar-refractivity contribution in [3.8, 4) is 0 Å². The normalized spacial score (nSPS) is 15.8. The largest absolute Gasteiger partial charge is 0.478 e. The minimum Gasteiger partial charge on any atom is -0.478 e. The molecule has 0 atom stereocenters. The number of benzene rings is 1. The van der Waals surface area contributed by atoms with Crippen LogP contribution in [0, 0.1) is 0 Å². The molecular weight excluding hydrogens is 300 g/mol. The Labute approximate surface area is 126 Å². The Balaban J connectivity index is 1.99. The molecular formula is C13H15ClN2O3S. The van der Waals surface area contributed by atoms with Gasteiger partial charge in [0.15, 0.2) is 0 Å². The number of carboxylic acid groups (broad SMARTS) is 1. The van der Waals surface area contributed by atoms with Gasteiger partial charge in [-0.15, -0.1) is 0 Å². The summed E-state index contributed by atoms with van der Waals surface area (Å²) in [6.45, 7) is 2.08. The Kier molecular flexibility index (Phi) is 5.28. The van der Waals surface area contributed by atoms with Crippen molar-refractivity contribution in [2.75, 3.05) is 36.5 Å². The van der Waals surface area contributed by atoms with Gasteiger partial charge in [0.1, 0.15) is 0 Å². The van der Waals surface area contributed by atoms with Crippen molar-refractivity contribution in [3.63, 3.8) is 0 Å². The maximum absolute atomic E-state index is 11.9. The van der Waals surface area contributed by atoms with Crippen molar-refractivity contribution < 1.29 is 14.7 Å². The Morgan fingerprint density at radius 2 is 2.05 bits per heavy atom. The van der Waals surface area contributed by atoms with Crippen LogP contribution in [0.5, 0.6) is 0 Å². The maximum atomic E-state index is 11.9. The Bertz CT molecular complexity index is 518. The molecule has 5 nitrogen and oxygen atoms in total. The standard InChI is InChI=1S/C13H15ClN2O3S/c14-10-2-1-9(13(18)19)7-11(10)15-12(17)8-16-3-5-20-6-4-16/h1-2,7H,3-6,8H2,(H,15,17)(H,18,19). The van der Waals surface area contributed by atoms with Crippen molar-refractivity contribution in [3.05, 3.63) is 28.8 Å². The average Bonchev–Trinajstić information content (AvgIpc) is 2.42. The van der Waals surface area contributed by atoms with E-state index in [9.17, 15) is 9.59 Å². The number of thioether (sulfide) groups is 1. The fourth-order valence-corrected chi connectivity index (χ4v) is 3.05. The van der Waals surface area contributed by atoms with E-state index in [0.717, 1.165) is 24.6 Å². The number of hydrogen-bond acceptors (Lipinski definition) is 4. The van der Waals surface area contributed by atoms with Crippen LogP contribution in [-0.2, 0) is 4.79 Å². The number of nitrogens with zero attached hydrogens (tertiary/aromatic N) is 1. The quantitative estimate of drug-likeness (QED) is 0.890. The Morgan fingerprint density at radius 1 is 1.35 bits per heavy atom. The topological polar surface area (TPSA) is 69.6 Å². The van der Waals surface area contributed by atoms with Crippen molar-refractivity contribution in [1.29, 1.82) is 0 Å². The number of nitrogens with one attached hydrogen (secondary N) is 1. The molecule has 1 fully saturated rings. The van der Waals surface area contributed by atoms with Crippen LogP contribution in [-0.4, -0.2) is 53.0 Å². The number of halogens is 1. The first-order valence-corrected chi connectivity index (χ1v) is 7.72. The number of hydrogen-bond donors (Lipinski definition) is 2. The second-order valence-electron chi connectivity index (χ2n) is 4.44. The lowest BCUT2D eigenvalue weighted by Gasteiger charge is -2.25. The van der Waals surface area contributed by atoms with E-state index in [1.54, 1.807) is 0 Å². The molecule has 0 aliphatic carbocycles. The van der Waals surface area contributed by atoms with E-state index >= 15 is 0 Å². The first kappa shape index (κ1) is 15.2. The molecule has 1 amide bonds. The van der Waals surface area contributed by atoms with E-state index in [4.69, 9.17) is 16.7 Å². The maximum Gasteiger partial charge on any atom is 0.335 e. The van der Waals surface area contributed by atoms with Gasteiger partial charge in [0.25, 0.3) is 0 Å². The lowest BCUT2D eigenvalue weighted by molar-refractivity contribution is -0.117. The van der Waals surface area contributed by atoms with Gasteiger partial charge in [-0.2, -0.15) is 11.8 Å². The molecule has 0 radical (unpaired) electrons. The van der Waals surface area contributed by atoms with Gasteiger partial charge < -0.3 is 10.4 Å². The molecule has 1 aliphatic rings. The summed E-state index contributed by atoms with van der Waals surface area (Å²) in [4.78, 5) is 24.9. The van der Waals surface area contributed by atoms with Crippen molar-refractivity contribution in [1.82, 2.24) is 4.90 Å². The molecule has 20 heavy (non-hydrogen) atoms. The van der Waals surface area contributed by atoms with E-state index in [2.05, 4.69) is 10.2 Å². The van der Waals surface area contributed by atoms with Gasteiger partial charge in [0.05, 0.1) is 22.8 Å². The van der Waals surface area contributed by atoms with Gasteiger partial charge in [-0.05, 0) is 18.2 Å². The molecule has 2 rings (SSSR count). The third-order valence-electron chi connectivity index (χ3n) is 2.96. The zero-order valence-electron chi connectivity index (χ0n) is 10.8. The molecule has 0 saturated carbocycles. The number of anilines is 1. The first-order valence-electron chi connectivity index (χ1n) is 6.19. The van der Waals surface area contributed by atoms with Crippen molar-refractivity contribution in [2.24, 2.45) is 0 Å². The predicted molar refractivity (Wildman–Crippen MR) is 80.8 cm³/mol. The van der Waals surface area contributed by atoms with Gasteiger partial charge in [-0.1, -0.05) is 11.6 Å². The zero-order valence-corrected chi connectivity index (χ0v) is 12.3. The first-order chi connectivity index (χ1) is 9.56. The van der Waals surface area contributed by atoms with E-state index < -0.39 is 5.97 Å². The summed E-state index contributed by atoms with van der Waals surface area (Å²) in [5.74, 6) is 0.831. The minimum atomic E-state index is -1.05. The number of amides is 1. The highest BCUT2D eigenvalue weighted by molar-refractivity contribution is 7.99. The van der Waals surface area contributed by atoms with Gasteiger partial charge in [-0.3, -0.25) is 9.69 Å². The Morgan fingerprint density at radius 3 is 2.70 bits per heavy atom. The summed E-state index contributed by atoms with van der Waals surface area (Å²) in [5, 5.41) is 11.9. The second kappa shape index (κ2) is 6.97. The van der Waals surface area contributed by atoms with Crippen LogP contribution in [0.15, 0.2) is 18.2 Å². The SMILES string of the molecule is O=C(CN1CCSCC1)Nc1cc(C(=O)O)ccc1Cl. The van der Waals surface area contributed by atoms with Crippen LogP contribution in [0.2, 0.25) is 5.02 Å². The smallest absolute Gasteiger partial charge is 0.335 e. The summed E-state index contributed by atoms with van der Waals surface area (Å²) in [5.41, 5.74) is 0.432. The fourth-order valence-electron chi connectivity index (χ4n) is 1.91. The van der Waals surface area contributed by atoms with Crippen molar-refractivity contribution >= 4 is 40.9 Å². The molecule has 1 aromatic rings. The second-order valence-corrected chi connectivity index (χ2v) is 6.07. The lowest BCUT2D eigenvalue weighted by Crippen LogP contribution is -2.38. The number of carboxylic acids is 1. The van der Waals surface area contributed by atoms with Crippen LogP contribution in [0.1, 0.15) is 10.4 Å². The number of aromatic carboxylic acids is 1. The fraction of sp³-hybridized carbons (Fsp3) is 0.385. The summed E-state index contributed by atoms with van der Waals surface area (Å²) in [7, 11) is 0. The van der Waals surface area contributed by atoms with Gasteiger partial charge in [-0.25, -0.2) is 4.79 Å². The molecule has 0 spiro atoms. The van der Waals surface area contributed by atoms with Crippen LogP contribution >= 0.6 is 23.4 Å². The summed E-state index contributed by atoms with van der Waals surface area (Å²) < 4.78 is 0. The van der Waals surface area contributed by atoms with Gasteiger partial charge in [0.2, 0.25) is 5.91 Å². The van der Waals surface area contributed by atoms with E-state index in [-0.39, 0.29) is 11.5 Å². The number of rotatable bonds is 4. The number of carbonyl (C=O) groups is 2. The highest BCUT2D eigenvalue weighted by Gasteiger charge is 2.15. The molecule has 1 heterocycles. The number of carbonyl (C=O) groups excluding carboxylic acids is 1. The molecule has 0 aromatic heterocycles. The third-order valence-corrected chi connectivity index (χ3v) is 4.23. The van der Waals surface area contributed by atoms with Gasteiger partial charge >= 0.3 is 5.97 Å². The molecule has 1 aliphatic heterocycles. The van der Waals surface area contributed by atoms with Crippen LogP contribution in [0.3, 0.4) is 0 Å². The van der Waals surface area contributed by atoms with Gasteiger partial charge in [0, 0.05) is 24.6 Å². The minimum absolute atomic E-state index is 0.0964. The predicted octanol–water partition coefficient (Wildman–Crippen LogP) is 2.03. The Hall–Kier alpha value is -1.24. The van der Waals surface area contributed by atoms with E-state index in [0.29, 0.717) is 17.3 Å². The molecule has 0 bridgehead atoms. The lowest BCUT2D eigenvalue weighted by atomic mass is 10.2. The van der Waals surface area contributed by atoms with Crippen LogP contribution in [0.4, 0.5) is 5.69 Å². The van der Waals surface area contributed by atoms with Crippen LogP contribution in [0.25, 0.3) is 0 Å². The molecule has 1 aromatic carbocycles. The van der Waals surface area contributed by atoms with Crippen LogP contribution < -0.4 is 5.32 Å².